The molecule has 3 aromatic rings. The minimum atomic E-state index is 0.663. The van der Waals surface area contributed by atoms with Gasteiger partial charge in [-0.3, -0.25) is 4.31 Å². The van der Waals surface area contributed by atoms with E-state index in [0.717, 1.165) is 54.7 Å². The van der Waals surface area contributed by atoms with Gasteiger partial charge >= 0.3 is 0 Å². The Bertz CT molecular complexity index is 1130. The second kappa shape index (κ2) is 9.49. The van der Waals surface area contributed by atoms with Gasteiger partial charge in [-0.15, -0.1) is 0 Å². The van der Waals surface area contributed by atoms with E-state index in [4.69, 9.17) is 4.74 Å². The first-order valence-corrected chi connectivity index (χ1v) is 12.3. The smallest absolute Gasteiger partial charge is 0.237 e. The molecule has 5 rings (SSSR count). The normalized spacial score (nSPS) is 14.8. The van der Waals surface area contributed by atoms with Crippen molar-refractivity contribution in [3.63, 3.8) is 0 Å². The average molecular weight is 463 g/mol. The lowest BCUT2D eigenvalue weighted by Gasteiger charge is -2.33. The van der Waals surface area contributed by atoms with Crippen LogP contribution in [0.15, 0.2) is 42.7 Å². The van der Waals surface area contributed by atoms with Crippen LogP contribution in [0.25, 0.3) is 0 Å². The van der Waals surface area contributed by atoms with Gasteiger partial charge in [-0.1, -0.05) is 24.1 Å². The molecular weight excluding hydrogens is 432 g/mol. The number of anilines is 4. The zero-order valence-electron chi connectivity index (χ0n) is 19.4. The number of fused-ring (bicyclic) bond motifs is 2. The lowest BCUT2D eigenvalue weighted by molar-refractivity contribution is 0.310. The fourth-order valence-corrected chi connectivity index (χ4v) is 4.88. The Labute approximate surface area is 199 Å². The molecule has 7 nitrogen and oxygen atoms in total. The summed E-state index contributed by atoms with van der Waals surface area (Å²) in [4.78, 5) is 11.6. The number of pyridine rings is 2. The molecule has 4 heterocycles. The molecule has 172 valence electrons. The van der Waals surface area contributed by atoms with E-state index in [9.17, 15) is 0 Å². The Morgan fingerprint density at radius 3 is 2.82 bits per heavy atom. The molecule has 2 aliphatic heterocycles. The van der Waals surface area contributed by atoms with Crippen LogP contribution in [0.2, 0.25) is 0 Å². The predicted molar refractivity (Wildman–Crippen MR) is 137 cm³/mol. The molecule has 0 saturated heterocycles. The molecular formula is C25H30N6OS. The molecule has 2 aromatic heterocycles. The largest absolute Gasteiger partial charge is 0.474 e. The number of aromatic nitrogens is 2. The van der Waals surface area contributed by atoms with Crippen LogP contribution in [0.3, 0.4) is 0 Å². The minimum absolute atomic E-state index is 0.663. The van der Waals surface area contributed by atoms with Crippen LogP contribution in [0.4, 0.5) is 22.9 Å². The summed E-state index contributed by atoms with van der Waals surface area (Å²) in [5, 5.41) is 6.91. The standard InChI is InChI=1S/C25H30N6OS/c1-17-22(14-28-25-24(17)26-9-11-32-25)31-10-8-19-13-27-23(12-20(19)15-31)29-21-6-4-18(5-7-21)16-33-30(2)3/h4-7,12-14,26H,8-11,15-16H2,1-3H3,(H,27,29). The van der Waals surface area contributed by atoms with E-state index in [1.165, 1.54) is 22.3 Å². The van der Waals surface area contributed by atoms with Gasteiger partial charge in [0.15, 0.2) is 0 Å². The Hall–Kier alpha value is -2.97. The molecule has 2 aliphatic rings. The van der Waals surface area contributed by atoms with Gasteiger partial charge in [-0.25, -0.2) is 9.97 Å². The Morgan fingerprint density at radius 1 is 1.15 bits per heavy atom. The Balaban J connectivity index is 1.30. The number of hydrogen-bond donors (Lipinski definition) is 2. The summed E-state index contributed by atoms with van der Waals surface area (Å²) in [6, 6.07) is 10.8. The van der Waals surface area contributed by atoms with Gasteiger partial charge in [0.1, 0.15) is 18.1 Å². The number of benzene rings is 1. The second-order valence-corrected chi connectivity index (χ2v) is 9.92. The van der Waals surface area contributed by atoms with Gasteiger partial charge in [-0.2, -0.15) is 0 Å². The van der Waals surface area contributed by atoms with Crippen molar-refractivity contribution in [1.82, 2.24) is 14.3 Å². The summed E-state index contributed by atoms with van der Waals surface area (Å²) in [6.45, 7) is 5.42. The van der Waals surface area contributed by atoms with Crippen LogP contribution in [-0.4, -0.2) is 48.1 Å². The summed E-state index contributed by atoms with van der Waals surface area (Å²) in [6.07, 6.45) is 4.94. The van der Waals surface area contributed by atoms with Crippen molar-refractivity contribution in [3.05, 3.63) is 65.0 Å². The van der Waals surface area contributed by atoms with Crippen molar-refractivity contribution >= 4 is 34.8 Å². The number of nitrogens with zero attached hydrogens (tertiary/aromatic N) is 4. The van der Waals surface area contributed by atoms with Gasteiger partial charge in [0.05, 0.1) is 11.9 Å². The molecule has 0 unspecified atom stereocenters. The van der Waals surface area contributed by atoms with Crippen molar-refractivity contribution in [1.29, 1.82) is 0 Å². The van der Waals surface area contributed by atoms with Crippen molar-refractivity contribution in [2.75, 3.05) is 49.3 Å². The summed E-state index contributed by atoms with van der Waals surface area (Å²) in [5.41, 5.74) is 8.36. The maximum absolute atomic E-state index is 5.69. The van der Waals surface area contributed by atoms with E-state index >= 15 is 0 Å². The van der Waals surface area contributed by atoms with E-state index in [1.807, 2.05) is 12.4 Å². The maximum atomic E-state index is 5.69. The van der Waals surface area contributed by atoms with Crippen molar-refractivity contribution in [2.45, 2.75) is 25.6 Å². The van der Waals surface area contributed by atoms with E-state index in [1.54, 1.807) is 11.9 Å². The highest BCUT2D eigenvalue weighted by atomic mass is 32.2. The molecule has 0 amide bonds. The van der Waals surface area contributed by atoms with E-state index in [-0.39, 0.29) is 0 Å². The van der Waals surface area contributed by atoms with Gasteiger partial charge in [0.2, 0.25) is 5.88 Å². The van der Waals surface area contributed by atoms with Gasteiger partial charge in [-0.05, 0) is 62.3 Å². The van der Waals surface area contributed by atoms with Gasteiger partial charge in [0, 0.05) is 42.8 Å². The molecule has 0 fully saturated rings. The predicted octanol–water partition coefficient (Wildman–Crippen LogP) is 4.61. The second-order valence-electron chi connectivity index (χ2n) is 8.64. The monoisotopic (exact) mass is 462 g/mol. The number of ether oxygens (including phenoxy) is 1. The summed E-state index contributed by atoms with van der Waals surface area (Å²) in [7, 11) is 4.14. The molecule has 0 atom stereocenters. The highest BCUT2D eigenvalue weighted by Crippen LogP contribution is 2.36. The summed E-state index contributed by atoms with van der Waals surface area (Å²) < 4.78 is 7.82. The van der Waals surface area contributed by atoms with Gasteiger partial charge < -0.3 is 20.3 Å². The lowest BCUT2D eigenvalue weighted by atomic mass is 10.0. The lowest BCUT2D eigenvalue weighted by Crippen LogP contribution is -2.32. The topological polar surface area (TPSA) is 65.6 Å². The van der Waals surface area contributed by atoms with Crippen LogP contribution in [0.1, 0.15) is 22.3 Å². The molecule has 33 heavy (non-hydrogen) atoms. The average Bonchev–Trinajstić information content (AvgIpc) is 2.83. The first-order valence-electron chi connectivity index (χ1n) is 11.3. The first kappa shape index (κ1) is 21.9. The molecule has 0 radical (unpaired) electrons. The zero-order chi connectivity index (χ0) is 22.8. The van der Waals surface area contributed by atoms with Crippen molar-refractivity contribution in [2.24, 2.45) is 0 Å². The fraction of sp³-hybridized carbons (Fsp3) is 0.360. The molecule has 1 aromatic carbocycles. The molecule has 8 heteroatoms. The third kappa shape index (κ3) is 4.86. The maximum Gasteiger partial charge on any atom is 0.237 e. The van der Waals surface area contributed by atoms with Crippen LogP contribution in [-0.2, 0) is 18.7 Å². The number of rotatable bonds is 6. The minimum Gasteiger partial charge on any atom is -0.474 e. The highest BCUT2D eigenvalue weighted by Gasteiger charge is 2.23. The van der Waals surface area contributed by atoms with Crippen molar-refractivity contribution in [3.8, 4) is 5.88 Å². The number of hydrogen-bond acceptors (Lipinski definition) is 8. The molecule has 0 saturated carbocycles. The van der Waals surface area contributed by atoms with Crippen LogP contribution >= 0.6 is 11.9 Å². The Kier molecular flexibility index (Phi) is 6.28. The third-order valence-corrected chi connectivity index (χ3v) is 7.05. The summed E-state index contributed by atoms with van der Waals surface area (Å²) in [5.74, 6) is 2.56. The SMILES string of the molecule is Cc1c(N2CCc3cnc(Nc4ccc(CSN(C)C)cc4)cc3C2)cnc2c1NCCO2. The van der Waals surface area contributed by atoms with Gasteiger partial charge in [0.25, 0.3) is 0 Å². The molecule has 0 bridgehead atoms. The first-order chi connectivity index (χ1) is 16.1. The van der Waals surface area contributed by atoms with Crippen LogP contribution < -0.4 is 20.3 Å². The third-order valence-electron chi connectivity index (χ3n) is 6.07. The fourth-order valence-electron chi connectivity index (χ4n) is 4.28. The Morgan fingerprint density at radius 2 is 2.00 bits per heavy atom. The highest BCUT2D eigenvalue weighted by molar-refractivity contribution is 7.96. The van der Waals surface area contributed by atoms with Crippen LogP contribution in [0, 0.1) is 6.92 Å². The zero-order valence-corrected chi connectivity index (χ0v) is 20.2. The quantitative estimate of drug-likeness (QED) is 0.515. The van der Waals surface area contributed by atoms with E-state index in [2.05, 4.69) is 81.2 Å². The van der Waals surface area contributed by atoms with Crippen LogP contribution in [0.5, 0.6) is 5.88 Å². The molecule has 0 aliphatic carbocycles. The van der Waals surface area contributed by atoms with E-state index in [0.29, 0.717) is 12.5 Å². The number of nitrogens with one attached hydrogen (secondary N) is 2. The molecule has 0 spiro atoms. The van der Waals surface area contributed by atoms with Crippen molar-refractivity contribution < 1.29 is 4.74 Å². The summed E-state index contributed by atoms with van der Waals surface area (Å²) >= 11 is 1.80. The van der Waals surface area contributed by atoms with E-state index < -0.39 is 0 Å². The molecule has 2 N–H and O–H groups in total.